The van der Waals surface area contributed by atoms with Crippen LogP contribution in [0.5, 0.6) is 5.88 Å². The summed E-state index contributed by atoms with van der Waals surface area (Å²) in [5.41, 5.74) is 1.27. The highest BCUT2D eigenvalue weighted by atomic mass is 16.5. The lowest BCUT2D eigenvalue weighted by atomic mass is 10.1. The highest BCUT2D eigenvalue weighted by Crippen LogP contribution is 2.23. The predicted molar refractivity (Wildman–Crippen MR) is 60.0 cm³/mol. The Morgan fingerprint density at radius 3 is 2.87 bits per heavy atom. The molecule has 1 N–H and O–H groups in total. The molecule has 1 aliphatic rings. The van der Waals surface area contributed by atoms with Crippen molar-refractivity contribution in [3.8, 4) is 5.88 Å². The summed E-state index contributed by atoms with van der Waals surface area (Å²) in [5, 5.41) is 3.45. The molecular weight excluding hydrogens is 188 g/mol. The smallest absolute Gasteiger partial charge is 0.213 e. The lowest BCUT2D eigenvalue weighted by Crippen LogP contribution is -2.13. The van der Waals surface area contributed by atoms with Crippen LogP contribution < -0.4 is 10.1 Å². The van der Waals surface area contributed by atoms with E-state index in [2.05, 4.69) is 16.4 Å². The van der Waals surface area contributed by atoms with Gasteiger partial charge in [-0.05, 0) is 38.8 Å². The molecule has 1 fully saturated rings. The minimum absolute atomic E-state index is 0.188. The van der Waals surface area contributed by atoms with E-state index in [0.29, 0.717) is 11.9 Å². The highest BCUT2D eigenvalue weighted by molar-refractivity contribution is 5.21. The molecule has 0 radical (unpaired) electrons. The van der Waals surface area contributed by atoms with Crippen molar-refractivity contribution >= 4 is 0 Å². The Bertz CT molecular complexity index is 302. The van der Waals surface area contributed by atoms with Gasteiger partial charge < -0.3 is 10.1 Å². The summed E-state index contributed by atoms with van der Waals surface area (Å²) in [6, 6.07) is 4.55. The Labute approximate surface area is 90.9 Å². The first-order valence-corrected chi connectivity index (χ1v) is 5.61. The van der Waals surface area contributed by atoms with Crippen LogP contribution in [0.4, 0.5) is 0 Å². The fourth-order valence-electron chi connectivity index (χ4n) is 1.88. The summed E-state index contributed by atoms with van der Waals surface area (Å²) in [6.07, 6.45) is 4.58. The van der Waals surface area contributed by atoms with Crippen LogP contribution in [0, 0.1) is 0 Å². The molecule has 0 aliphatic carbocycles. The van der Waals surface area contributed by atoms with Gasteiger partial charge in [0.25, 0.3) is 0 Å². The average Bonchev–Trinajstić information content (AvgIpc) is 2.71. The molecule has 0 unspecified atom stereocenters. The second-order valence-electron chi connectivity index (χ2n) is 4.25. The van der Waals surface area contributed by atoms with Crippen LogP contribution >= 0.6 is 0 Å². The van der Waals surface area contributed by atoms with Crippen LogP contribution in [-0.4, -0.2) is 17.6 Å². The lowest BCUT2D eigenvalue weighted by molar-refractivity contribution is 0.232. The van der Waals surface area contributed by atoms with Gasteiger partial charge in [0.15, 0.2) is 0 Å². The van der Waals surface area contributed by atoms with E-state index in [4.69, 9.17) is 4.74 Å². The number of nitrogens with one attached hydrogen (secondary N) is 1. The van der Waals surface area contributed by atoms with Crippen molar-refractivity contribution in [2.24, 2.45) is 0 Å². The zero-order valence-electron chi connectivity index (χ0n) is 9.36. The maximum absolute atomic E-state index is 5.50. The number of hydrogen-bond donors (Lipinski definition) is 1. The molecule has 2 heterocycles. The van der Waals surface area contributed by atoms with Crippen molar-refractivity contribution in [3.63, 3.8) is 0 Å². The molecule has 1 aromatic heterocycles. The molecular formula is C12H18N2O. The molecule has 0 aromatic carbocycles. The van der Waals surface area contributed by atoms with Crippen LogP contribution in [0.1, 0.15) is 38.3 Å². The summed E-state index contributed by atoms with van der Waals surface area (Å²) in [7, 11) is 0. The molecule has 0 bridgehead atoms. The Morgan fingerprint density at radius 1 is 1.47 bits per heavy atom. The second-order valence-corrected chi connectivity index (χ2v) is 4.25. The van der Waals surface area contributed by atoms with E-state index in [1.54, 1.807) is 0 Å². The van der Waals surface area contributed by atoms with E-state index in [1.807, 2.05) is 26.1 Å². The largest absolute Gasteiger partial charge is 0.475 e. The van der Waals surface area contributed by atoms with Crippen molar-refractivity contribution in [1.29, 1.82) is 0 Å². The molecule has 0 amide bonds. The van der Waals surface area contributed by atoms with Gasteiger partial charge in [-0.2, -0.15) is 0 Å². The summed E-state index contributed by atoms with van der Waals surface area (Å²) in [6.45, 7) is 5.14. The molecule has 3 heteroatoms. The van der Waals surface area contributed by atoms with E-state index < -0.39 is 0 Å². The summed E-state index contributed by atoms with van der Waals surface area (Å²) in [5.74, 6) is 0.715. The van der Waals surface area contributed by atoms with Crippen LogP contribution in [-0.2, 0) is 0 Å². The van der Waals surface area contributed by atoms with Gasteiger partial charge in [0.2, 0.25) is 5.88 Å². The third-order valence-electron chi connectivity index (χ3n) is 2.58. The first-order chi connectivity index (χ1) is 7.25. The van der Waals surface area contributed by atoms with Gasteiger partial charge >= 0.3 is 0 Å². The third kappa shape index (κ3) is 2.69. The molecule has 0 saturated carbocycles. The average molecular weight is 206 g/mol. The number of rotatable bonds is 3. The zero-order chi connectivity index (χ0) is 10.7. The van der Waals surface area contributed by atoms with E-state index in [9.17, 15) is 0 Å². The van der Waals surface area contributed by atoms with Crippen LogP contribution in [0.25, 0.3) is 0 Å². The molecule has 1 aliphatic heterocycles. The summed E-state index contributed by atoms with van der Waals surface area (Å²) >= 11 is 0. The maximum Gasteiger partial charge on any atom is 0.213 e. The fraction of sp³-hybridized carbons (Fsp3) is 0.583. The van der Waals surface area contributed by atoms with E-state index in [0.717, 1.165) is 6.54 Å². The quantitative estimate of drug-likeness (QED) is 0.824. The molecule has 1 saturated heterocycles. The van der Waals surface area contributed by atoms with Gasteiger partial charge in [-0.3, -0.25) is 0 Å². The van der Waals surface area contributed by atoms with Gasteiger partial charge in [-0.25, -0.2) is 4.98 Å². The second kappa shape index (κ2) is 4.62. The minimum atomic E-state index is 0.188. The Hall–Kier alpha value is -1.09. The van der Waals surface area contributed by atoms with Crippen molar-refractivity contribution in [3.05, 3.63) is 23.9 Å². The molecule has 1 aromatic rings. The Balaban J connectivity index is 2.03. The van der Waals surface area contributed by atoms with Gasteiger partial charge in [0, 0.05) is 18.3 Å². The summed E-state index contributed by atoms with van der Waals surface area (Å²) < 4.78 is 5.50. The SMILES string of the molecule is CC(C)Oc1ccc([C@H]2CCCN2)cn1. The molecule has 82 valence electrons. The van der Waals surface area contributed by atoms with Crippen molar-refractivity contribution in [1.82, 2.24) is 10.3 Å². The summed E-state index contributed by atoms with van der Waals surface area (Å²) in [4.78, 5) is 4.30. The number of pyridine rings is 1. The standard InChI is InChI=1S/C12H18N2O/c1-9(2)15-12-6-5-10(8-14-12)11-4-3-7-13-11/h5-6,8-9,11,13H,3-4,7H2,1-2H3/t11-/m1/s1. The first kappa shape index (κ1) is 10.4. The van der Waals surface area contributed by atoms with Crippen molar-refractivity contribution < 1.29 is 4.74 Å². The van der Waals surface area contributed by atoms with Gasteiger partial charge in [-0.15, -0.1) is 0 Å². The molecule has 15 heavy (non-hydrogen) atoms. The molecule has 0 spiro atoms. The zero-order valence-corrected chi connectivity index (χ0v) is 9.36. The fourth-order valence-corrected chi connectivity index (χ4v) is 1.88. The topological polar surface area (TPSA) is 34.1 Å². The monoisotopic (exact) mass is 206 g/mol. The number of nitrogens with zero attached hydrogens (tertiary/aromatic N) is 1. The number of aromatic nitrogens is 1. The highest BCUT2D eigenvalue weighted by Gasteiger charge is 2.16. The van der Waals surface area contributed by atoms with Gasteiger partial charge in [0.05, 0.1) is 6.10 Å². The first-order valence-electron chi connectivity index (χ1n) is 5.61. The van der Waals surface area contributed by atoms with Crippen molar-refractivity contribution in [2.75, 3.05) is 6.54 Å². The van der Waals surface area contributed by atoms with Crippen LogP contribution in [0.2, 0.25) is 0 Å². The third-order valence-corrected chi connectivity index (χ3v) is 2.58. The number of hydrogen-bond acceptors (Lipinski definition) is 3. The maximum atomic E-state index is 5.50. The Kier molecular flexibility index (Phi) is 3.21. The van der Waals surface area contributed by atoms with Crippen LogP contribution in [0.3, 0.4) is 0 Å². The lowest BCUT2D eigenvalue weighted by Gasteiger charge is -2.12. The van der Waals surface area contributed by atoms with E-state index in [1.165, 1.54) is 18.4 Å². The normalized spacial score (nSPS) is 20.9. The van der Waals surface area contributed by atoms with Gasteiger partial charge in [-0.1, -0.05) is 6.07 Å². The van der Waals surface area contributed by atoms with E-state index in [-0.39, 0.29) is 6.10 Å². The predicted octanol–water partition coefficient (Wildman–Crippen LogP) is 2.29. The van der Waals surface area contributed by atoms with Gasteiger partial charge in [0.1, 0.15) is 0 Å². The Morgan fingerprint density at radius 2 is 2.33 bits per heavy atom. The molecule has 3 nitrogen and oxygen atoms in total. The molecule has 1 atom stereocenters. The van der Waals surface area contributed by atoms with E-state index >= 15 is 0 Å². The minimum Gasteiger partial charge on any atom is -0.475 e. The molecule has 2 rings (SSSR count). The van der Waals surface area contributed by atoms with Crippen LogP contribution in [0.15, 0.2) is 18.3 Å². The number of ether oxygens (including phenoxy) is 1. The van der Waals surface area contributed by atoms with Crippen molar-refractivity contribution in [2.45, 2.75) is 38.8 Å².